The molecule has 80 valence electrons. The lowest BCUT2D eigenvalue weighted by atomic mass is 10.1. The Labute approximate surface area is 95.0 Å². The molecule has 3 rings (SSSR count). The minimum absolute atomic E-state index is 0.0845. The number of fused-ring (bicyclic) bond motifs is 1. The summed E-state index contributed by atoms with van der Waals surface area (Å²) in [5.74, 6) is 0.943. The van der Waals surface area contributed by atoms with Crippen molar-refractivity contribution in [1.82, 2.24) is 0 Å². The molecule has 0 saturated heterocycles. The fourth-order valence-electron chi connectivity index (χ4n) is 1.98. The zero-order valence-corrected chi connectivity index (χ0v) is 9.13. The molecule has 0 fully saturated rings. The van der Waals surface area contributed by atoms with Gasteiger partial charge in [0.25, 0.3) is 0 Å². The number of nitrogens with zero attached hydrogens (tertiary/aromatic N) is 1. The van der Waals surface area contributed by atoms with Gasteiger partial charge in [-0.05, 0) is 25.2 Å². The van der Waals surface area contributed by atoms with Gasteiger partial charge in [0.1, 0.15) is 17.9 Å². The van der Waals surface area contributed by atoms with Gasteiger partial charge in [-0.1, -0.05) is 29.8 Å². The number of dihydropyridines is 1. The van der Waals surface area contributed by atoms with Gasteiger partial charge in [0.15, 0.2) is 0 Å². The number of aliphatic imine (C=N–C) groups is 1. The van der Waals surface area contributed by atoms with Crippen LogP contribution in [0.25, 0.3) is 5.76 Å². The van der Waals surface area contributed by atoms with Crippen LogP contribution < -0.4 is 0 Å². The Hall–Kier alpha value is -1.83. The van der Waals surface area contributed by atoms with Crippen LogP contribution >= 0.6 is 0 Å². The Bertz CT molecular complexity index is 482. The van der Waals surface area contributed by atoms with Crippen molar-refractivity contribution in [1.29, 1.82) is 0 Å². The third-order valence-corrected chi connectivity index (χ3v) is 2.90. The van der Waals surface area contributed by atoms with Crippen LogP contribution in [0.5, 0.6) is 0 Å². The van der Waals surface area contributed by atoms with Gasteiger partial charge < -0.3 is 4.74 Å². The van der Waals surface area contributed by atoms with E-state index in [1.165, 1.54) is 5.56 Å². The number of ether oxygens (including phenoxy) is 1. The summed E-state index contributed by atoms with van der Waals surface area (Å²) in [5.41, 5.74) is 2.39. The van der Waals surface area contributed by atoms with E-state index < -0.39 is 0 Å². The SMILES string of the molecule is Cc1ccc(C2=CC3N=CC=CC3O2)cc1. The summed E-state index contributed by atoms with van der Waals surface area (Å²) in [7, 11) is 0. The van der Waals surface area contributed by atoms with Crippen LogP contribution in [0.3, 0.4) is 0 Å². The molecule has 16 heavy (non-hydrogen) atoms. The molecule has 2 heteroatoms. The highest BCUT2D eigenvalue weighted by Crippen LogP contribution is 2.29. The van der Waals surface area contributed by atoms with Gasteiger partial charge in [-0.3, -0.25) is 4.99 Å². The van der Waals surface area contributed by atoms with Gasteiger partial charge in [0.05, 0.1) is 0 Å². The predicted molar refractivity (Wildman–Crippen MR) is 65.4 cm³/mol. The van der Waals surface area contributed by atoms with Gasteiger partial charge >= 0.3 is 0 Å². The molecule has 2 atom stereocenters. The van der Waals surface area contributed by atoms with E-state index in [9.17, 15) is 0 Å². The maximum atomic E-state index is 5.85. The summed E-state index contributed by atoms with van der Waals surface area (Å²) in [5, 5.41) is 0. The fourth-order valence-corrected chi connectivity index (χ4v) is 1.98. The summed E-state index contributed by atoms with van der Waals surface area (Å²) in [6, 6.07) is 8.53. The van der Waals surface area contributed by atoms with Crippen molar-refractivity contribution in [3.05, 3.63) is 53.6 Å². The largest absolute Gasteiger partial charge is 0.483 e. The van der Waals surface area contributed by atoms with Crippen LogP contribution in [0.4, 0.5) is 0 Å². The fraction of sp³-hybridized carbons (Fsp3) is 0.214. The monoisotopic (exact) mass is 211 g/mol. The summed E-state index contributed by atoms with van der Waals surface area (Å²) in [6.45, 7) is 2.08. The van der Waals surface area contributed by atoms with Crippen LogP contribution in [0, 0.1) is 6.92 Å². The normalized spacial score (nSPS) is 26.2. The molecule has 0 amide bonds. The van der Waals surface area contributed by atoms with Gasteiger partial charge in [-0.2, -0.15) is 0 Å². The minimum atomic E-state index is 0.0845. The molecule has 2 unspecified atom stereocenters. The second-order valence-corrected chi connectivity index (χ2v) is 4.15. The topological polar surface area (TPSA) is 21.6 Å². The highest BCUT2D eigenvalue weighted by Gasteiger charge is 2.28. The number of allylic oxidation sites excluding steroid dienone is 1. The molecule has 2 nitrogen and oxygen atoms in total. The van der Waals surface area contributed by atoms with E-state index in [0.717, 1.165) is 11.3 Å². The van der Waals surface area contributed by atoms with Crippen LogP contribution in [0.1, 0.15) is 11.1 Å². The minimum Gasteiger partial charge on any atom is -0.483 e. The molecule has 0 aromatic heterocycles. The maximum Gasteiger partial charge on any atom is 0.143 e. The molecular weight excluding hydrogens is 198 g/mol. The van der Waals surface area contributed by atoms with E-state index in [1.807, 2.05) is 12.3 Å². The first-order chi connectivity index (χ1) is 7.83. The van der Waals surface area contributed by atoms with Gasteiger partial charge in [-0.15, -0.1) is 0 Å². The molecule has 1 aromatic rings. The second kappa shape index (κ2) is 3.63. The average molecular weight is 211 g/mol. The highest BCUT2D eigenvalue weighted by atomic mass is 16.5. The summed E-state index contributed by atoms with van der Waals surface area (Å²) in [4.78, 5) is 4.37. The lowest BCUT2D eigenvalue weighted by molar-refractivity contribution is 0.222. The van der Waals surface area contributed by atoms with Crippen molar-refractivity contribution in [3.8, 4) is 0 Å². The van der Waals surface area contributed by atoms with Crippen LogP contribution in [-0.4, -0.2) is 18.4 Å². The summed E-state index contributed by atoms with van der Waals surface area (Å²) < 4.78 is 5.85. The van der Waals surface area contributed by atoms with Crippen molar-refractivity contribution < 1.29 is 4.74 Å². The van der Waals surface area contributed by atoms with E-state index in [1.54, 1.807) is 0 Å². The Morgan fingerprint density at radius 2 is 2.00 bits per heavy atom. The zero-order chi connectivity index (χ0) is 11.0. The molecule has 2 aliphatic rings. The van der Waals surface area contributed by atoms with E-state index in [0.29, 0.717) is 0 Å². The predicted octanol–water partition coefficient (Wildman–Crippen LogP) is 2.74. The Morgan fingerprint density at radius 1 is 1.19 bits per heavy atom. The third-order valence-electron chi connectivity index (χ3n) is 2.90. The van der Waals surface area contributed by atoms with Gasteiger partial charge in [0, 0.05) is 11.8 Å². The van der Waals surface area contributed by atoms with Crippen molar-refractivity contribution in [2.75, 3.05) is 0 Å². The first kappa shape index (κ1) is 9.40. The van der Waals surface area contributed by atoms with Crippen LogP contribution in [0.15, 0.2) is 47.5 Å². The van der Waals surface area contributed by atoms with Crippen LogP contribution in [0.2, 0.25) is 0 Å². The first-order valence-electron chi connectivity index (χ1n) is 5.48. The quantitative estimate of drug-likeness (QED) is 0.700. The lowest BCUT2D eigenvalue weighted by Gasteiger charge is -2.14. The second-order valence-electron chi connectivity index (χ2n) is 4.15. The lowest BCUT2D eigenvalue weighted by Crippen LogP contribution is -2.19. The van der Waals surface area contributed by atoms with Gasteiger partial charge in [-0.25, -0.2) is 0 Å². The molecule has 0 saturated carbocycles. The third kappa shape index (κ3) is 1.56. The van der Waals surface area contributed by atoms with Crippen molar-refractivity contribution >= 4 is 12.0 Å². The molecule has 0 radical (unpaired) electrons. The van der Waals surface area contributed by atoms with Crippen molar-refractivity contribution in [2.45, 2.75) is 19.1 Å². The zero-order valence-electron chi connectivity index (χ0n) is 9.13. The Morgan fingerprint density at radius 3 is 2.75 bits per heavy atom. The molecule has 2 heterocycles. The number of hydrogen-bond acceptors (Lipinski definition) is 2. The number of benzene rings is 1. The standard InChI is InChI=1S/C14H13NO/c1-10-4-6-11(7-5-10)14-9-12-13(16-14)3-2-8-15-12/h2-9,12-13H,1H3. The summed E-state index contributed by atoms with van der Waals surface area (Å²) in [6.07, 6.45) is 8.00. The van der Waals surface area contributed by atoms with Crippen molar-refractivity contribution in [2.24, 2.45) is 4.99 Å². The van der Waals surface area contributed by atoms with E-state index in [4.69, 9.17) is 4.74 Å². The number of rotatable bonds is 1. The van der Waals surface area contributed by atoms with E-state index in [-0.39, 0.29) is 12.1 Å². The smallest absolute Gasteiger partial charge is 0.143 e. The molecule has 0 spiro atoms. The molecular formula is C14H13NO. The maximum absolute atomic E-state index is 5.85. The Kier molecular flexibility index (Phi) is 2.13. The van der Waals surface area contributed by atoms with Crippen molar-refractivity contribution in [3.63, 3.8) is 0 Å². The molecule has 2 aliphatic heterocycles. The number of hydrogen-bond donors (Lipinski definition) is 0. The van der Waals surface area contributed by atoms with Gasteiger partial charge in [0.2, 0.25) is 0 Å². The molecule has 0 aliphatic carbocycles. The number of aryl methyl sites for hydroxylation is 1. The van der Waals surface area contributed by atoms with E-state index in [2.05, 4.69) is 48.3 Å². The first-order valence-corrected chi connectivity index (χ1v) is 5.48. The molecule has 1 aromatic carbocycles. The van der Waals surface area contributed by atoms with Crippen LogP contribution in [-0.2, 0) is 4.74 Å². The molecule has 0 N–H and O–H groups in total. The van der Waals surface area contributed by atoms with E-state index >= 15 is 0 Å². The highest BCUT2D eigenvalue weighted by molar-refractivity contribution is 5.74. The Balaban J connectivity index is 1.90. The average Bonchev–Trinajstić information content (AvgIpc) is 2.73. The summed E-state index contributed by atoms with van der Waals surface area (Å²) >= 11 is 0. The molecule has 0 bridgehead atoms.